The van der Waals surface area contributed by atoms with Gasteiger partial charge in [-0.2, -0.15) is 13.2 Å². The zero-order valence-corrected chi connectivity index (χ0v) is 19.9. The molecule has 0 atom stereocenters. The topological polar surface area (TPSA) is 156 Å². The number of amides is 3. The average Bonchev–Trinajstić information content (AvgIpc) is 2.84. The smallest absolute Gasteiger partial charge is 0.384 e. The van der Waals surface area contributed by atoms with Gasteiger partial charge in [-0.3, -0.25) is 25.0 Å². The molecule has 0 radical (unpaired) electrons. The number of carbonyl (C=O) groups is 2. The highest BCUT2D eigenvalue weighted by Gasteiger charge is 2.30. The quantitative estimate of drug-likeness (QED) is 0.286. The van der Waals surface area contributed by atoms with Crippen molar-refractivity contribution in [2.75, 3.05) is 11.2 Å². The molecule has 0 aliphatic carbocycles. The first-order valence-corrected chi connectivity index (χ1v) is 10.9. The first-order chi connectivity index (χ1) is 17.4. The van der Waals surface area contributed by atoms with E-state index in [4.69, 9.17) is 5.73 Å². The standard InChI is InChI=1S/C23H25F3N8O3/c1-13-9-29-20(32-33-22(37)30-10-15-4-3-5-17(8-15)23(24,25)26)21(36)34(13)12-19(35)28-11-16-6-7-18(27)31-14(16)2/h3-9H,10-12H2,1-2H3,(H2,27,31)(H,28,35)(H,29,32)(H2,30,33,37). The number of hydrogen-bond acceptors (Lipinski definition) is 7. The summed E-state index contributed by atoms with van der Waals surface area (Å²) < 4.78 is 39.6. The number of halogens is 3. The highest BCUT2D eigenvalue weighted by Crippen LogP contribution is 2.29. The molecule has 0 aliphatic heterocycles. The number of nitrogens with two attached hydrogens (primary N) is 1. The maximum Gasteiger partial charge on any atom is 0.416 e. The first-order valence-electron chi connectivity index (χ1n) is 10.9. The summed E-state index contributed by atoms with van der Waals surface area (Å²) >= 11 is 0. The van der Waals surface area contributed by atoms with Crippen LogP contribution in [0.2, 0.25) is 0 Å². The average molecular weight is 519 g/mol. The number of hydrazine groups is 1. The minimum absolute atomic E-state index is 0.188. The van der Waals surface area contributed by atoms with Crippen LogP contribution < -0.4 is 32.8 Å². The molecular formula is C23H25F3N8O3. The Kier molecular flexibility index (Phi) is 8.32. The van der Waals surface area contributed by atoms with E-state index in [1.54, 1.807) is 26.0 Å². The molecule has 6 N–H and O–H groups in total. The summed E-state index contributed by atoms with van der Waals surface area (Å²) in [5, 5.41) is 5.08. The van der Waals surface area contributed by atoms with Gasteiger partial charge in [0.25, 0.3) is 5.56 Å². The van der Waals surface area contributed by atoms with Gasteiger partial charge in [0.1, 0.15) is 12.4 Å². The number of alkyl halides is 3. The van der Waals surface area contributed by atoms with Gasteiger partial charge < -0.3 is 16.4 Å². The van der Waals surface area contributed by atoms with Crippen molar-refractivity contribution in [1.29, 1.82) is 0 Å². The minimum atomic E-state index is -4.50. The molecule has 3 aromatic rings. The molecular weight excluding hydrogens is 493 g/mol. The van der Waals surface area contributed by atoms with Gasteiger partial charge in [0.15, 0.2) is 0 Å². The Hall–Kier alpha value is -4.62. The van der Waals surface area contributed by atoms with Crippen molar-refractivity contribution < 1.29 is 22.8 Å². The molecule has 0 spiro atoms. The highest BCUT2D eigenvalue weighted by molar-refractivity contribution is 5.76. The van der Waals surface area contributed by atoms with Crippen LogP contribution in [-0.2, 0) is 30.6 Å². The molecule has 0 saturated heterocycles. The van der Waals surface area contributed by atoms with Crippen molar-refractivity contribution in [3.8, 4) is 0 Å². The summed E-state index contributed by atoms with van der Waals surface area (Å²) in [4.78, 5) is 45.3. The second kappa shape index (κ2) is 11.4. The van der Waals surface area contributed by atoms with Crippen molar-refractivity contribution in [2.45, 2.75) is 39.7 Å². The van der Waals surface area contributed by atoms with Gasteiger partial charge in [0.2, 0.25) is 11.7 Å². The molecule has 3 rings (SSSR count). The molecule has 0 aliphatic rings. The molecule has 1 aromatic carbocycles. The Morgan fingerprint density at radius 3 is 2.54 bits per heavy atom. The lowest BCUT2D eigenvalue weighted by molar-refractivity contribution is -0.137. The van der Waals surface area contributed by atoms with Crippen LogP contribution >= 0.6 is 0 Å². The van der Waals surface area contributed by atoms with Gasteiger partial charge >= 0.3 is 12.2 Å². The summed E-state index contributed by atoms with van der Waals surface area (Å²) in [6.07, 6.45) is -3.16. The molecule has 0 fully saturated rings. The number of carbonyl (C=O) groups excluding carboxylic acids is 2. The van der Waals surface area contributed by atoms with Crippen molar-refractivity contribution in [1.82, 2.24) is 30.6 Å². The molecule has 0 saturated carbocycles. The number of nitrogens with zero attached hydrogens (tertiary/aromatic N) is 3. The zero-order valence-electron chi connectivity index (χ0n) is 19.9. The largest absolute Gasteiger partial charge is 0.416 e. The van der Waals surface area contributed by atoms with Crippen molar-refractivity contribution in [2.24, 2.45) is 0 Å². The Balaban J connectivity index is 1.56. The maximum absolute atomic E-state index is 12.8. The summed E-state index contributed by atoms with van der Waals surface area (Å²) in [7, 11) is 0. The summed E-state index contributed by atoms with van der Waals surface area (Å²) in [5.74, 6) is -0.332. The Bertz CT molecular complexity index is 1360. The van der Waals surface area contributed by atoms with Gasteiger partial charge in [-0.25, -0.2) is 14.8 Å². The number of anilines is 2. The fraction of sp³-hybridized carbons (Fsp3) is 0.261. The molecule has 0 unspecified atom stereocenters. The minimum Gasteiger partial charge on any atom is -0.384 e. The van der Waals surface area contributed by atoms with Crippen LogP contribution in [0, 0.1) is 13.8 Å². The fourth-order valence-corrected chi connectivity index (χ4v) is 3.24. The van der Waals surface area contributed by atoms with E-state index in [2.05, 4.69) is 31.5 Å². The van der Waals surface area contributed by atoms with Crippen LogP contribution in [-0.4, -0.2) is 26.5 Å². The van der Waals surface area contributed by atoms with Gasteiger partial charge in [-0.1, -0.05) is 18.2 Å². The maximum atomic E-state index is 12.8. The van der Waals surface area contributed by atoms with Crippen LogP contribution in [0.15, 0.2) is 47.4 Å². The molecule has 196 valence electrons. The third kappa shape index (κ3) is 7.43. The van der Waals surface area contributed by atoms with E-state index in [0.717, 1.165) is 17.7 Å². The second-order valence-electron chi connectivity index (χ2n) is 8.03. The van der Waals surface area contributed by atoms with E-state index in [0.29, 0.717) is 17.2 Å². The third-order valence-corrected chi connectivity index (χ3v) is 5.25. The number of rotatable bonds is 8. The summed E-state index contributed by atoms with van der Waals surface area (Å²) in [5.41, 5.74) is 10.8. The molecule has 0 bridgehead atoms. The monoisotopic (exact) mass is 518 g/mol. The van der Waals surface area contributed by atoms with Crippen LogP contribution in [0.3, 0.4) is 0 Å². The summed E-state index contributed by atoms with van der Waals surface area (Å²) in [6, 6.07) is 7.06. The Morgan fingerprint density at radius 2 is 1.84 bits per heavy atom. The summed E-state index contributed by atoms with van der Waals surface area (Å²) in [6.45, 7) is 3.05. The number of pyridine rings is 1. The van der Waals surface area contributed by atoms with Gasteiger partial charge in [-0.05, 0) is 43.2 Å². The van der Waals surface area contributed by atoms with Gasteiger partial charge in [-0.15, -0.1) is 0 Å². The number of urea groups is 1. The predicted molar refractivity (Wildman–Crippen MR) is 129 cm³/mol. The zero-order chi connectivity index (χ0) is 27.2. The third-order valence-electron chi connectivity index (χ3n) is 5.25. The SMILES string of the molecule is Cc1nc(N)ccc1CNC(=O)Cn1c(C)cnc(NNC(=O)NCc2cccc(C(F)(F)F)c2)c1=O. The normalized spacial score (nSPS) is 11.1. The van der Waals surface area contributed by atoms with Crippen LogP contribution in [0.5, 0.6) is 0 Å². The van der Waals surface area contributed by atoms with Crippen molar-refractivity contribution in [3.63, 3.8) is 0 Å². The van der Waals surface area contributed by atoms with E-state index in [1.807, 2.05) is 0 Å². The predicted octanol–water partition coefficient (Wildman–Crippen LogP) is 2.00. The molecule has 3 amide bonds. The lowest BCUT2D eigenvalue weighted by Gasteiger charge is -2.14. The van der Waals surface area contributed by atoms with Crippen LogP contribution in [0.1, 0.15) is 28.1 Å². The molecule has 11 nitrogen and oxygen atoms in total. The van der Waals surface area contributed by atoms with E-state index >= 15 is 0 Å². The number of nitrogen functional groups attached to an aromatic ring is 1. The van der Waals surface area contributed by atoms with E-state index < -0.39 is 29.2 Å². The van der Waals surface area contributed by atoms with Crippen LogP contribution in [0.25, 0.3) is 0 Å². The number of hydrogen-bond donors (Lipinski definition) is 5. The number of nitrogens with one attached hydrogen (secondary N) is 4. The van der Waals surface area contributed by atoms with Crippen molar-refractivity contribution >= 4 is 23.6 Å². The molecule has 2 heterocycles. The molecule has 2 aromatic heterocycles. The van der Waals surface area contributed by atoms with E-state index in [9.17, 15) is 27.6 Å². The molecule has 14 heteroatoms. The number of aryl methyl sites for hydroxylation is 2. The van der Waals surface area contributed by atoms with E-state index in [1.165, 1.54) is 22.9 Å². The first kappa shape index (κ1) is 27.0. The lowest BCUT2D eigenvalue weighted by atomic mass is 10.1. The highest BCUT2D eigenvalue weighted by atomic mass is 19.4. The van der Waals surface area contributed by atoms with Gasteiger partial charge in [0, 0.05) is 30.7 Å². The lowest BCUT2D eigenvalue weighted by Crippen LogP contribution is -2.41. The van der Waals surface area contributed by atoms with Crippen molar-refractivity contribution in [3.05, 3.63) is 81.0 Å². The second-order valence-corrected chi connectivity index (χ2v) is 8.03. The Labute approximate surface area is 209 Å². The Morgan fingerprint density at radius 1 is 1.08 bits per heavy atom. The van der Waals surface area contributed by atoms with Gasteiger partial charge in [0.05, 0.1) is 5.56 Å². The van der Waals surface area contributed by atoms with Crippen LogP contribution in [0.4, 0.5) is 29.6 Å². The van der Waals surface area contributed by atoms with E-state index in [-0.39, 0.29) is 31.0 Å². The molecule has 37 heavy (non-hydrogen) atoms. The number of benzene rings is 1. The number of aromatic nitrogens is 3. The fourth-order valence-electron chi connectivity index (χ4n) is 3.24.